The van der Waals surface area contributed by atoms with Crippen LogP contribution in [-0.2, 0) is 14.9 Å². The first kappa shape index (κ1) is 11.6. The Balaban J connectivity index is 2.03. The van der Waals surface area contributed by atoms with Gasteiger partial charge in [0.15, 0.2) is 0 Å². The number of hydrogen-bond donors (Lipinski definition) is 1. The van der Waals surface area contributed by atoms with Gasteiger partial charge in [-0.2, -0.15) is 0 Å². The number of carboxylic acid groups (broad SMARTS) is 1. The summed E-state index contributed by atoms with van der Waals surface area (Å²) in [6.07, 6.45) is 1.91. The number of aliphatic carboxylic acids is 1. The van der Waals surface area contributed by atoms with Crippen LogP contribution in [0.5, 0.6) is 0 Å². The van der Waals surface area contributed by atoms with Crippen molar-refractivity contribution in [3.05, 3.63) is 21.9 Å². The Labute approximate surface area is 99.1 Å². The van der Waals surface area contributed by atoms with Crippen molar-refractivity contribution in [2.75, 3.05) is 13.2 Å². The van der Waals surface area contributed by atoms with E-state index < -0.39 is 5.97 Å². The van der Waals surface area contributed by atoms with E-state index in [0.717, 1.165) is 26.1 Å². The average Bonchev–Trinajstić information content (AvgIpc) is 2.56. The Morgan fingerprint density at radius 3 is 2.81 bits per heavy atom. The van der Waals surface area contributed by atoms with Crippen LogP contribution in [0.1, 0.15) is 29.7 Å². The van der Waals surface area contributed by atoms with Crippen molar-refractivity contribution in [2.45, 2.75) is 31.6 Å². The summed E-state index contributed by atoms with van der Waals surface area (Å²) in [5, 5.41) is 10.8. The lowest BCUT2D eigenvalue weighted by Crippen LogP contribution is -2.46. The first-order valence-electron chi connectivity index (χ1n) is 5.48. The first-order chi connectivity index (χ1) is 7.64. The maximum Gasteiger partial charge on any atom is 0.303 e. The highest BCUT2D eigenvalue weighted by Gasteiger charge is 2.41. The molecule has 1 aromatic heterocycles. The molecule has 0 saturated carbocycles. The number of rotatable bonds is 5. The molecule has 0 aromatic carbocycles. The molecule has 1 N–H and O–H groups in total. The van der Waals surface area contributed by atoms with Gasteiger partial charge in [0.2, 0.25) is 0 Å². The normalized spacial score (nSPS) is 18.1. The molecule has 1 aliphatic rings. The third-order valence-electron chi connectivity index (χ3n) is 3.15. The van der Waals surface area contributed by atoms with E-state index in [0.29, 0.717) is 0 Å². The second-order valence-electron chi connectivity index (χ2n) is 4.45. The summed E-state index contributed by atoms with van der Waals surface area (Å²) < 4.78 is 5.33. The SMILES string of the molecule is Cc1ccsc1C1(CCCC(=O)O)COC1. The van der Waals surface area contributed by atoms with E-state index in [4.69, 9.17) is 9.84 Å². The number of hydrogen-bond acceptors (Lipinski definition) is 3. The van der Waals surface area contributed by atoms with E-state index in [1.807, 2.05) is 0 Å². The third-order valence-corrected chi connectivity index (χ3v) is 4.41. The van der Waals surface area contributed by atoms with Crippen LogP contribution in [0.4, 0.5) is 0 Å². The lowest BCUT2D eigenvalue weighted by atomic mass is 9.78. The fourth-order valence-corrected chi connectivity index (χ4v) is 3.36. The van der Waals surface area contributed by atoms with Gasteiger partial charge >= 0.3 is 5.97 Å². The highest BCUT2D eigenvalue weighted by atomic mass is 32.1. The summed E-state index contributed by atoms with van der Waals surface area (Å²) >= 11 is 1.76. The number of aryl methyl sites for hydroxylation is 1. The second kappa shape index (κ2) is 4.55. The van der Waals surface area contributed by atoms with Gasteiger partial charge in [-0.25, -0.2) is 0 Å². The summed E-state index contributed by atoms with van der Waals surface area (Å²) in [4.78, 5) is 11.9. The van der Waals surface area contributed by atoms with E-state index in [-0.39, 0.29) is 11.8 Å². The lowest BCUT2D eigenvalue weighted by Gasteiger charge is -2.41. The zero-order valence-electron chi connectivity index (χ0n) is 9.36. The number of carboxylic acids is 1. The van der Waals surface area contributed by atoms with Crippen LogP contribution in [0.25, 0.3) is 0 Å². The van der Waals surface area contributed by atoms with Crippen molar-refractivity contribution in [3.8, 4) is 0 Å². The van der Waals surface area contributed by atoms with Crippen molar-refractivity contribution in [1.29, 1.82) is 0 Å². The molecule has 0 unspecified atom stereocenters. The van der Waals surface area contributed by atoms with Crippen LogP contribution in [0.3, 0.4) is 0 Å². The average molecular weight is 240 g/mol. The summed E-state index contributed by atoms with van der Waals surface area (Å²) in [5.41, 5.74) is 1.41. The van der Waals surface area contributed by atoms with Gasteiger partial charge in [0.05, 0.1) is 18.6 Å². The topological polar surface area (TPSA) is 46.5 Å². The van der Waals surface area contributed by atoms with E-state index in [2.05, 4.69) is 18.4 Å². The van der Waals surface area contributed by atoms with Crippen LogP contribution in [-0.4, -0.2) is 24.3 Å². The van der Waals surface area contributed by atoms with Crippen LogP contribution >= 0.6 is 11.3 Å². The predicted octanol–water partition coefficient (Wildman–Crippen LogP) is 2.58. The fraction of sp³-hybridized carbons (Fsp3) is 0.583. The predicted molar refractivity (Wildman–Crippen MR) is 63.0 cm³/mol. The molecule has 88 valence electrons. The Hall–Kier alpha value is -0.870. The summed E-state index contributed by atoms with van der Waals surface area (Å²) in [6, 6.07) is 2.12. The monoisotopic (exact) mass is 240 g/mol. The van der Waals surface area contributed by atoms with Gasteiger partial charge in [-0.05, 0) is 36.8 Å². The molecular weight excluding hydrogens is 224 g/mol. The van der Waals surface area contributed by atoms with Crippen molar-refractivity contribution in [1.82, 2.24) is 0 Å². The van der Waals surface area contributed by atoms with Crippen molar-refractivity contribution in [2.24, 2.45) is 0 Å². The summed E-state index contributed by atoms with van der Waals surface area (Å²) in [5.74, 6) is -0.710. The molecule has 2 heterocycles. The zero-order valence-corrected chi connectivity index (χ0v) is 10.2. The molecule has 3 nitrogen and oxygen atoms in total. The van der Waals surface area contributed by atoms with Crippen molar-refractivity contribution in [3.63, 3.8) is 0 Å². The zero-order chi connectivity index (χ0) is 11.6. The molecule has 1 aromatic rings. The Morgan fingerprint density at radius 2 is 2.38 bits per heavy atom. The second-order valence-corrected chi connectivity index (χ2v) is 5.37. The molecule has 1 fully saturated rings. The minimum atomic E-state index is -0.710. The third kappa shape index (κ3) is 2.13. The fourth-order valence-electron chi connectivity index (χ4n) is 2.23. The van der Waals surface area contributed by atoms with Crippen molar-refractivity contribution >= 4 is 17.3 Å². The molecule has 0 spiro atoms. The molecule has 0 amide bonds. The maximum atomic E-state index is 10.5. The van der Waals surface area contributed by atoms with Crippen molar-refractivity contribution < 1.29 is 14.6 Å². The molecule has 0 aliphatic carbocycles. The molecular formula is C12H16O3S. The number of carbonyl (C=O) groups is 1. The summed E-state index contributed by atoms with van der Waals surface area (Å²) in [7, 11) is 0. The largest absolute Gasteiger partial charge is 0.481 e. The minimum absolute atomic E-state index is 0.105. The lowest BCUT2D eigenvalue weighted by molar-refractivity contribution is -0.137. The molecule has 2 rings (SSSR count). The Morgan fingerprint density at radius 1 is 1.62 bits per heavy atom. The first-order valence-corrected chi connectivity index (χ1v) is 6.36. The minimum Gasteiger partial charge on any atom is -0.481 e. The molecule has 1 aliphatic heterocycles. The molecule has 1 saturated heterocycles. The molecule has 0 radical (unpaired) electrons. The van der Waals surface area contributed by atoms with Gasteiger partial charge in [0.25, 0.3) is 0 Å². The van der Waals surface area contributed by atoms with Gasteiger partial charge in [-0.15, -0.1) is 11.3 Å². The molecule has 4 heteroatoms. The maximum absolute atomic E-state index is 10.5. The highest BCUT2D eigenvalue weighted by Crippen LogP contribution is 2.41. The van der Waals surface area contributed by atoms with Gasteiger partial charge < -0.3 is 9.84 Å². The van der Waals surface area contributed by atoms with Crippen LogP contribution in [0.2, 0.25) is 0 Å². The standard InChI is InChI=1S/C12H16O3S/c1-9-4-6-16-11(9)12(7-15-8-12)5-2-3-10(13)14/h4,6H,2-3,5,7-8H2,1H3,(H,13,14). The van der Waals surface area contributed by atoms with Crippen LogP contribution in [0, 0.1) is 6.92 Å². The van der Waals surface area contributed by atoms with Crippen LogP contribution < -0.4 is 0 Å². The number of ether oxygens (including phenoxy) is 1. The number of thiophene rings is 1. The smallest absolute Gasteiger partial charge is 0.303 e. The van der Waals surface area contributed by atoms with Gasteiger partial charge in [-0.1, -0.05) is 0 Å². The highest BCUT2D eigenvalue weighted by molar-refractivity contribution is 7.10. The molecule has 0 atom stereocenters. The molecule has 0 bridgehead atoms. The van der Waals surface area contributed by atoms with Crippen LogP contribution in [0.15, 0.2) is 11.4 Å². The Kier molecular flexibility index (Phi) is 3.30. The summed E-state index contributed by atoms with van der Waals surface area (Å²) in [6.45, 7) is 3.60. The van der Waals surface area contributed by atoms with E-state index in [9.17, 15) is 4.79 Å². The van der Waals surface area contributed by atoms with Gasteiger partial charge in [-0.3, -0.25) is 4.79 Å². The van der Waals surface area contributed by atoms with Gasteiger partial charge in [0.1, 0.15) is 0 Å². The van der Waals surface area contributed by atoms with E-state index in [1.54, 1.807) is 11.3 Å². The van der Waals surface area contributed by atoms with E-state index >= 15 is 0 Å². The van der Waals surface area contributed by atoms with E-state index in [1.165, 1.54) is 10.4 Å². The quantitative estimate of drug-likeness (QED) is 0.860. The molecule has 16 heavy (non-hydrogen) atoms. The Bertz CT molecular complexity index is 379. The van der Waals surface area contributed by atoms with Gasteiger partial charge in [0, 0.05) is 11.3 Å².